The minimum Gasteiger partial charge on any atom is -0.389 e. The van der Waals surface area contributed by atoms with Crippen molar-refractivity contribution >= 4 is 10.8 Å². The molecule has 2 rings (SSSR count). The maximum atomic E-state index is 13.8. The molecule has 0 bridgehead atoms. The van der Waals surface area contributed by atoms with E-state index in [0.29, 0.717) is 11.1 Å². The molecule has 3 atom stereocenters. The molecule has 22 heavy (non-hydrogen) atoms. The molecule has 0 aliphatic heterocycles. The maximum Gasteiger partial charge on any atom is 0.344 e. The number of alkyl halides is 2. The molecule has 5 heteroatoms. The highest BCUT2D eigenvalue weighted by molar-refractivity contribution is 7.87. The van der Waals surface area contributed by atoms with Crippen molar-refractivity contribution in [2.45, 2.75) is 37.2 Å². The van der Waals surface area contributed by atoms with Crippen LogP contribution in [0.3, 0.4) is 0 Å². The second kappa shape index (κ2) is 7.01. The Morgan fingerprint density at radius 1 is 1.18 bits per heavy atom. The van der Waals surface area contributed by atoms with Crippen LogP contribution >= 0.6 is 0 Å². The lowest BCUT2D eigenvalue weighted by atomic mass is 9.89. The van der Waals surface area contributed by atoms with Gasteiger partial charge in [0.15, 0.2) is 0 Å². The summed E-state index contributed by atoms with van der Waals surface area (Å²) in [6.45, 7) is 2.60. The van der Waals surface area contributed by atoms with Crippen LogP contribution in [0, 0.1) is 11.8 Å². The zero-order valence-corrected chi connectivity index (χ0v) is 13.7. The van der Waals surface area contributed by atoms with Gasteiger partial charge in [0.1, 0.15) is 17.4 Å². The first-order chi connectivity index (χ1) is 10.3. The van der Waals surface area contributed by atoms with Crippen LogP contribution in [0.15, 0.2) is 47.6 Å². The van der Waals surface area contributed by atoms with Crippen molar-refractivity contribution in [2.75, 3.05) is 6.61 Å². The lowest BCUT2D eigenvalue weighted by Crippen LogP contribution is -2.37. The molecule has 0 saturated heterocycles. The summed E-state index contributed by atoms with van der Waals surface area (Å²) in [5.74, 6) is 0.459. The Labute approximate surface area is 132 Å². The van der Waals surface area contributed by atoms with Crippen LogP contribution < -0.4 is 0 Å². The molecule has 0 saturated carbocycles. The quantitative estimate of drug-likeness (QED) is 0.835. The summed E-state index contributed by atoms with van der Waals surface area (Å²) in [5, 5.41) is 4.38. The van der Waals surface area contributed by atoms with Gasteiger partial charge in [0, 0.05) is 0 Å². The fourth-order valence-electron chi connectivity index (χ4n) is 2.77. The van der Waals surface area contributed by atoms with Gasteiger partial charge in [-0.05, 0) is 35.8 Å². The topological polar surface area (TPSA) is 37.3 Å². The second-order valence-corrected chi connectivity index (χ2v) is 7.70. The van der Waals surface area contributed by atoms with Crippen molar-refractivity contribution in [2.24, 2.45) is 11.8 Å². The fraction of sp³-hybridized carbons (Fsp3) is 0.529. The van der Waals surface area contributed by atoms with E-state index in [2.05, 4.69) is 0 Å². The highest BCUT2D eigenvalue weighted by Gasteiger charge is 2.43. The number of rotatable bonds is 5. The molecule has 2 aliphatic rings. The molecule has 0 spiro atoms. The van der Waals surface area contributed by atoms with Crippen LogP contribution in [0.25, 0.3) is 0 Å². The normalized spacial score (nSPS) is 28.0. The van der Waals surface area contributed by atoms with Gasteiger partial charge < -0.3 is 5.11 Å². The van der Waals surface area contributed by atoms with Crippen molar-refractivity contribution in [3.05, 3.63) is 47.6 Å². The number of allylic oxidation sites excluding steroid dienone is 6. The lowest BCUT2D eigenvalue weighted by molar-refractivity contribution is 0.0309. The van der Waals surface area contributed by atoms with E-state index >= 15 is 0 Å². The van der Waals surface area contributed by atoms with Crippen molar-refractivity contribution in [3.8, 4) is 0 Å². The van der Waals surface area contributed by atoms with Gasteiger partial charge in [-0.15, -0.1) is 0 Å². The zero-order valence-electron chi connectivity index (χ0n) is 12.8. The van der Waals surface area contributed by atoms with Crippen molar-refractivity contribution in [3.63, 3.8) is 0 Å². The molecule has 3 unspecified atom stereocenters. The summed E-state index contributed by atoms with van der Waals surface area (Å²) in [5.41, 5.74) is 1.30. The Morgan fingerprint density at radius 2 is 1.64 bits per heavy atom. The molecule has 0 aromatic rings. The highest BCUT2D eigenvalue weighted by Crippen LogP contribution is 2.34. The zero-order chi connectivity index (χ0) is 16.3. The minimum absolute atomic E-state index is 0.229. The number of halogens is 2. The summed E-state index contributed by atoms with van der Waals surface area (Å²) < 4.78 is 40.2. The third-order valence-electron chi connectivity index (χ3n) is 3.89. The van der Waals surface area contributed by atoms with E-state index in [1.165, 1.54) is 0 Å². The Balaban J connectivity index is 2.44. The largest absolute Gasteiger partial charge is 0.389 e. The number of aliphatic hydroxyl groups excluding tert-OH is 1. The summed E-state index contributed by atoms with van der Waals surface area (Å²) in [4.78, 5) is 0. The van der Waals surface area contributed by atoms with Gasteiger partial charge in [0.05, 0.1) is 5.25 Å². The predicted molar refractivity (Wildman–Crippen MR) is 86.0 cm³/mol. The average molecular weight is 328 g/mol. The molecule has 0 amide bonds. The molecule has 0 aromatic carbocycles. The van der Waals surface area contributed by atoms with Gasteiger partial charge in [-0.2, -0.15) is 8.78 Å². The third kappa shape index (κ3) is 3.82. The molecule has 0 radical (unpaired) electrons. The molecular formula is C17H22F2O2S. The number of hydrogen-bond acceptors (Lipinski definition) is 2. The Kier molecular flexibility index (Phi) is 5.50. The van der Waals surface area contributed by atoms with Crippen molar-refractivity contribution < 1.29 is 18.1 Å². The first kappa shape index (κ1) is 17.3. The summed E-state index contributed by atoms with van der Waals surface area (Å²) in [7, 11) is -2.52. The van der Waals surface area contributed by atoms with Gasteiger partial charge in [-0.3, -0.25) is 4.21 Å². The summed E-state index contributed by atoms with van der Waals surface area (Å²) >= 11 is 0. The van der Waals surface area contributed by atoms with Crippen LogP contribution in [0.5, 0.6) is 0 Å². The maximum absolute atomic E-state index is 13.8. The first-order valence-electron chi connectivity index (χ1n) is 7.51. The summed E-state index contributed by atoms with van der Waals surface area (Å²) in [6.07, 6.45) is 12.9. The fourth-order valence-corrected chi connectivity index (χ4v) is 4.05. The van der Waals surface area contributed by atoms with Crippen molar-refractivity contribution in [1.29, 1.82) is 0 Å². The number of hydrogen-bond donors (Lipinski definition) is 1. The highest BCUT2D eigenvalue weighted by atomic mass is 32.2. The average Bonchev–Trinajstić information content (AvgIpc) is 2.47. The van der Waals surface area contributed by atoms with Crippen LogP contribution in [-0.2, 0) is 10.8 Å². The molecular weight excluding hydrogens is 306 g/mol. The number of aliphatic hydroxyl groups is 1. The van der Waals surface area contributed by atoms with E-state index in [0.717, 1.165) is 12.8 Å². The third-order valence-corrected chi connectivity index (χ3v) is 5.58. The van der Waals surface area contributed by atoms with E-state index < -0.39 is 27.9 Å². The van der Waals surface area contributed by atoms with Gasteiger partial charge in [0.2, 0.25) is 0 Å². The van der Waals surface area contributed by atoms with Gasteiger partial charge >= 0.3 is 5.25 Å². The van der Waals surface area contributed by atoms with Crippen LogP contribution in [0.1, 0.15) is 26.7 Å². The van der Waals surface area contributed by atoms with E-state index in [4.69, 9.17) is 5.11 Å². The molecule has 2 aliphatic carbocycles. The van der Waals surface area contributed by atoms with E-state index in [1.54, 1.807) is 12.2 Å². The van der Waals surface area contributed by atoms with E-state index in [-0.39, 0.29) is 11.8 Å². The Bertz CT molecular complexity index is 525. The standard InChI is InChI=1S/C17H22F2O2S/c1-12-5-3-7-14(9-12)16(22(21)17(18,19)11-20)15-8-4-6-13(2)10-15/h3-4,7-10,12-13,16,20H,5-6,11H2,1-2H3. The predicted octanol–water partition coefficient (Wildman–Crippen LogP) is 3.73. The Morgan fingerprint density at radius 3 is 2.00 bits per heavy atom. The SMILES string of the molecule is CC1C=C(C(C2=CC(C)CC=C2)S(=O)C(F)(F)CO)C=CC1. The molecule has 0 aromatic heterocycles. The monoisotopic (exact) mass is 328 g/mol. The van der Waals surface area contributed by atoms with E-state index in [1.807, 2.05) is 38.2 Å². The minimum atomic E-state index is -3.62. The first-order valence-corrected chi connectivity index (χ1v) is 8.72. The summed E-state index contributed by atoms with van der Waals surface area (Å²) in [6, 6.07) is 0. The van der Waals surface area contributed by atoms with Gasteiger partial charge in [-0.1, -0.05) is 50.3 Å². The molecule has 1 N–H and O–H groups in total. The van der Waals surface area contributed by atoms with Gasteiger partial charge in [-0.25, -0.2) is 0 Å². The smallest absolute Gasteiger partial charge is 0.344 e. The van der Waals surface area contributed by atoms with Crippen LogP contribution in [0.2, 0.25) is 0 Å². The van der Waals surface area contributed by atoms with Crippen LogP contribution in [0.4, 0.5) is 8.78 Å². The molecule has 0 fully saturated rings. The van der Waals surface area contributed by atoms with Crippen LogP contribution in [-0.4, -0.2) is 26.4 Å². The van der Waals surface area contributed by atoms with Gasteiger partial charge in [0.25, 0.3) is 0 Å². The molecule has 0 heterocycles. The van der Waals surface area contributed by atoms with Crippen molar-refractivity contribution in [1.82, 2.24) is 0 Å². The lowest BCUT2D eigenvalue weighted by Gasteiger charge is -2.28. The molecule has 2 nitrogen and oxygen atoms in total. The van der Waals surface area contributed by atoms with E-state index in [9.17, 15) is 13.0 Å². The Hall–Kier alpha value is -1.07. The second-order valence-electron chi connectivity index (χ2n) is 6.04. The molecule has 122 valence electrons.